The summed E-state index contributed by atoms with van der Waals surface area (Å²) in [5.74, 6) is -0.148. The molecule has 6 nitrogen and oxygen atoms in total. The van der Waals surface area contributed by atoms with E-state index in [4.69, 9.17) is 4.74 Å². The standard InChI is InChI=1S/C22H22N2O4S/c1-4-28-18-7-5-16(6-8-18)12-19-21(26)24(22(27)29-19)13-20(25)23-17-10-14(2)9-15(3)11-17/h5-12H,4,13H2,1-3H3,(H,23,25)/b19-12+. The van der Waals surface area contributed by atoms with E-state index in [-0.39, 0.29) is 6.54 Å². The van der Waals surface area contributed by atoms with E-state index in [1.54, 1.807) is 18.2 Å². The van der Waals surface area contributed by atoms with Crippen LogP contribution in [0.1, 0.15) is 23.6 Å². The second-order valence-corrected chi connectivity index (χ2v) is 7.69. The largest absolute Gasteiger partial charge is 0.494 e. The molecule has 2 aromatic rings. The van der Waals surface area contributed by atoms with Gasteiger partial charge in [-0.15, -0.1) is 0 Å². The fraction of sp³-hybridized carbons (Fsp3) is 0.227. The van der Waals surface area contributed by atoms with Gasteiger partial charge in [0.25, 0.3) is 11.1 Å². The molecule has 0 aromatic heterocycles. The lowest BCUT2D eigenvalue weighted by atomic mass is 10.1. The van der Waals surface area contributed by atoms with Gasteiger partial charge in [0, 0.05) is 5.69 Å². The van der Waals surface area contributed by atoms with Crippen molar-refractivity contribution in [2.75, 3.05) is 18.5 Å². The summed E-state index contributed by atoms with van der Waals surface area (Å²) < 4.78 is 5.39. The fourth-order valence-electron chi connectivity index (χ4n) is 3.01. The molecular weight excluding hydrogens is 388 g/mol. The van der Waals surface area contributed by atoms with Gasteiger partial charge in [0.2, 0.25) is 5.91 Å². The van der Waals surface area contributed by atoms with Gasteiger partial charge in [-0.3, -0.25) is 19.3 Å². The Morgan fingerprint density at radius 1 is 1.10 bits per heavy atom. The highest BCUT2D eigenvalue weighted by molar-refractivity contribution is 8.18. The van der Waals surface area contributed by atoms with E-state index in [2.05, 4.69) is 5.32 Å². The molecule has 29 heavy (non-hydrogen) atoms. The molecule has 0 spiro atoms. The average molecular weight is 410 g/mol. The smallest absolute Gasteiger partial charge is 0.294 e. The molecule has 1 aliphatic rings. The predicted molar refractivity (Wildman–Crippen MR) is 115 cm³/mol. The molecule has 3 amide bonds. The topological polar surface area (TPSA) is 75.7 Å². The number of aryl methyl sites for hydroxylation is 2. The van der Waals surface area contributed by atoms with Crippen LogP contribution < -0.4 is 10.1 Å². The first-order valence-corrected chi connectivity index (χ1v) is 10.0. The Labute approximate surface area is 173 Å². The van der Waals surface area contributed by atoms with Gasteiger partial charge < -0.3 is 10.1 Å². The van der Waals surface area contributed by atoms with Gasteiger partial charge >= 0.3 is 0 Å². The number of hydrogen-bond donors (Lipinski definition) is 1. The second-order valence-electron chi connectivity index (χ2n) is 6.69. The van der Waals surface area contributed by atoms with Gasteiger partial charge in [0.05, 0.1) is 11.5 Å². The molecule has 0 unspecified atom stereocenters. The number of thioether (sulfide) groups is 1. The number of carbonyl (C=O) groups excluding carboxylic acids is 3. The first-order valence-electron chi connectivity index (χ1n) is 9.22. The van der Waals surface area contributed by atoms with Crippen molar-refractivity contribution in [2.45, 2.75) is 20.8 Å². The van der Waals surface area contributed by atoms with Crippen molar-refractivity contribution in [1.29, 1.82) is 0 Å². The summed E-state index contributed by atoms with van der Waals surface area (Å²) in [6.45, 7) is 6.02. The molecule has 150 valence electrons. The van der Waals surface area contributed by atoms with Crippen LogP contribution in [0.2, 0.25) is 0 Å². The summed E-state index contributed by atoms with van der Waals surface area (Å²) in [7, 11) is 0. The normalized spacial score (nSPS) is 15.1. The van der Waals surface area contributed by atoms with Gasteiger partial charge in [0.1, 0.15) is 12.3 Å². The number of carbonyl (C=O) groups is 3. The van der Waals surface area contributed by atoms with E-state index in [0.29, 0.717) is 17.2 Å². The molecule has 0 radical (unpaired) electrons. The highest BCUT2D eigenvalue weighted by atomic mass is 32.2. The van der Waals surface area contributed by atoms with Crippen molar-refractivity contribution < 1.29 is 19.1 Å². The zero-order chi connectivity index (χ0) is 21.0. The highest BCUT2D eigenvalue weighted by Crippen LogP contribution is 2.32. The van der Waals surface area contributed by atoms with Gasteiger partial charge in [-0.25, -0.2) is 0 Å². The number of benzene rings is 2. The predicted octanol–water partition coefficient (Wildman–Crippen LogP) is 4.38. The molecule has 1 N–H and O–H groups in total. The van der Waals surface area contributed by atoms with Crippen LogP contribution in [0.4, 0.5) is 10.5 Å². The minimum atomic E-state index is -0.468. The SMILES string of the molecule is CCOc1ccc(/C=C2/SC(=O)N(CC(=O)Nc3cc(C)cc(C)c3)C2=O)cc1. The molecule has 1 heterocycles. The average Bonchev–Trinajstić information content (AvgIpc) is 2.90. The lowest BCUT2D eigenvalue weighted by Gasteiger charge is -2.13. The van der Waals surface area contributed by atoms with Gasteiger partial charge in [-0.1, -0.05) is 18.2 Å². The second kappa shape index (κ2) is 8.96. The summed E-state index contributed by atoms with van der Waals surface area (Å²) in [6.07, 6.45) is 1.64. The van der Waals surface area contributed by atoms with E-state index < -0.39 is 17.1 Å². The summed E-state index contributed by atoms with van der Waals surface area (Å²) in [4.78, 5) is 38.4. The fourth-order valence-corrected chi connectivity index (χ4v) is 3.84. The van der Waals surface area contributed by atoms with Crippen LogP contribution in [-0.4, -0.2) is 35.1 Å². The minimum absolute atomic E-state index is 0.290. The van der Waals surface area contributed by atoms with Crippen LogP contribution in [0.3, 0.4) is 0 Å². The third-order valence-corrected chi connectivity index (χ3v) is 5.08. The molecule has 7 heteroatoms. The van der Waals surface area contributed by atoms with Crippen molar-refractivity contribution in [2.24, 2.45) is 0 Å². The Balaban J connectivity index is 1.67. The summed E-state index contributed by atoms with van der Waals surface area (Å²) in [5, 5.41) is 2.29. The van der Waals surface area contributed by atoms with Crippen LogP contribution in [0, 0.1) is 13.8 Å². The van der Waals surface area contributed by atoms with Crippen molar-refractivity contribution >= 4 is 40.6 Å². The quantitative estimate of drug-likeness (QED) is 0.716. The van der Waals surface area contributed by atoms with Gasteiger partial charge in [-0.05, 0) is 79.6 Å². The van der Waals surface area contributed by atoms with Crippen LogP contribution in [0.15, 0.2) is 47.4 Å². The maximum Gasteiger partial charge on any atom is 0.294 e. The van der Waals surface area contributed by atoms with E-state index in [9.17, 15) is 14.4 Å². The summed E-state index contributed by atoms with van der Waals surface area (Å²) in [5.41, 5.74) is 3.46. The molecule has 3 rings (SSSR count). The number of hydrogen-bond acceptors (Lipinski definition) is 5. The van der Waals surface area contributed by atoms with Gasteiger partial charge in [0.15, 0.2) is 0 Å². The molecule has 1 aliphatic heterocycles. The zero-order valence-corrected chi connectivity index (χ0v) is 17.3. The van der Waals surface area contributed by atoms with E-state index >= 15 is 0 Å². The molecule has 0 saturated carbocycles. The number of imide groups is 1. The van der Waals surface area contributed by atoms with Crippen molar-refractivity contribution in [1.82, 2.24) is 4.90 Å². The van der Waals surface area contributed by atoms with E-state index in [1.165, 1.54) is 0 Å². The number of ether oxygens (including phenoxy) is 1. The van der Waals surface area contributed by atoms with E-state index in [0.717, 1.165) is 39.1 Å². The molecule has 0 aliphatic carbocycles. The molecule has 1 saturated heterocycles. The number of nitrogens with zero attached hydrogens (tertiary/aromatic N) is 1. The number of rotatable bonds is 6. The molecule has 0 bridgehead atoms. The highest BCUT2D eigenvalue weighted by Gasteiger charge is 2.36. The third-order valence-electron chi connectivity index (χ3n) is 4.17. The maximum atomic E-state index is 12.6. The Morgan fingerprint density at radius 3 is 2.38 bits per heavy atom. The monoisotopic (exact) mass is 410 g/mol. The minimum Gasteiger partial charge on any atom is -0.494 e. The van der Waals surface area contributed by atoms with Crippen LogP contribution in [0.5, 0.6) is 5.75 Å². The Bertz CT molecular complexity index is 963. The first-order chi connectivity index (χ1) is 13.9. The first kappa shape index (κ1) is 20.7. The number of anilines is 1. The molecule has 2 aromatic carbocycles. The van der Waals surface area contributed by atoms with Crippen LogP contribution in [0.25, 0.3) is 6.08 Å². The lowest BCUT2D eigenvalue weighted by molar-refractivity contribution is -0.127. The number of amides is 3. The summed E-state index contributed by atoms with van der Waals surface area (Å²) in [6, 6.07) is 12.9. The Hall–Kier alpha value is -3.06. The molecular formula is C22H22N2O4S. The van der Waals surface area contributed by atoms with Crippen molar-refractivity contribution in [3.63, 3.8) is 0 Å². The van der Waals surface area contributed by atoms with Gasteiger partial charge in [-0.2, -0.15) is 0 Å². The van der Waals surface area contributed by atoms with Crippen LogP contribution in [-0.2, 0) is 9.59 Å². The maximum absolute atomic E-state index is 12.6. The zero-order valence-electron chi connectivity index (χ0n) is 16.5. The Kier molecular flexibility index (Phi) is 6.39. The third kappa shape index (κ3) is 5.26. The van der Waals surface area contributed by atoms with Crippen molar-refractivity contribution in [3.8, 4) is 5.75 Å². The van der Waals surface area contributed by atoms with E-state index in [1.807, 2.05) is 51.1 Å². The summed E-state index contributed by atoms with van der Waals surface area (Å²) >= 11 is 0.832. The molecule has 1 fully saturated rings. The van der Waals surface area contributed by atoms with Crippen molar-refractivity contribution in [3.05, 3.63) is 64.1 Å². The number of nitrogens with one attached hydrogen (secondary N) is 1. The lowest BCUT2D eigenvalue weighted by Crippen LogP contribution is -2.36. The Morgan fingerprint density at radius 2 is 1.76 bits per heavy atom. The van der Waals surface area contributed by atoms with Crippen LogP contribution >= 0.6 is 11.8 Å². The molecule has 0 atom stereocenters.